The minimum Gasteiger partial charge on any atom is -0.393 e. The molecule has 0 fully saturated rings. The van der Waals surface area contributed by atoms with Crippen LogP contribution in [0.25, 0.3) is 0 Å². The average molecular weight is 237 g/mol. The fourth-order valence-electron chi connectivity index (χ4n) is 1.20. The van der Waals surface area contributed by atoms with E-state index in [0.717, 1.165) is 11.3 Å². The molecule has 0 radical (unpaired) electrons. The van der Waals surface area contributed by atoms with Crippen molar-refractivity contribution in [2.75, 3.05) is 11.9 Å². The molecule has 0 heterocycles. The summed E-state index contributed by atoms with van der Waals surface area (Å²) in [5, 5.41) is 5.39. The molecular weight excluding hydrogens is 222 g/mol. The summed E-state index contributed by atoms with van der Waals surface area (Å²) < 4.78 is 0. The summed E-state index contributed by atoms with van der Waals surface area (Å²) in [4.78, 5) is 11.8. The lowest BCUT2D eigenvalue weighted by atomic mass is 10.2. The van der Waals surface area contributed by atoms with Gasteiger partial charge in [0.25, 0.3) is 0 Å². The minimum atomic E-state index is -0.248. The molecule has 0 aromatic heterocycles. The van der Waals surface area contributed by atoms with Crippen LogP contribution in [0.2, 0.25) is 0 Å². The molecule has 0 aliphatic carbocycles. The molecule has 0 bridgehead atoms. The maximum Gasteiger partial charge on any atom is 0.319 e. The molecule has 4 N–H and O–H groups in total. The monoisotopic (exact) mass is 237 g/mol. The van der Waals surface area contributed by atoms with E-state index >= 15 is 0 Å². The van der Waals surface area contributed by atoms with Gasteiger partial charge < -0.3 is 16.4 Å². The van der Waals surface area contributed by atoms with Crippen LogP contribution in [0.1, 0.15) is 12.0 Å². The Morgan fingerprint density at radius 3 is 2.88 bits per heavy atom. The van der Waals surface area contributed by atoms with Crippen LogP contribution in [0.15, 0.2) is 24.3 Å². The molecule has 0 saturated heterocycles. The Bertz CT molecular complexity index is 393. The van der Waals surface area contributed by atoms with Crippen molar-refractivity contribution in [3.05, 3.63) is 29.8 Å². The predicted molar refractivity (Wildman–Crippen MR) is 69.6 cm³/mol. The number of carbonyl (C=O) groups excluding carboxylic acids is 1. The first-order chi connectivity index (χ1) is 7.58. The van der Waals surface area contributed by atoms with Crippen LogP contribution in [-0.2, 0) is 0 Å². The number of amides is 2. The van der Waals surface area contributed by atoms with Crippen molar-refractivity contribution in [2.24, 2.45) is 5.73 Å². The van der Waals surface area contributed by atoms with Crippen LogP contribution in [0.5, 0.6) is 0 Å². The largest absolute Gasteiger partial charge is 0.393 e. The summed E-state index contributed by atoms with van der Waals surface area (Å²) in [5.74, 6) is 0. The van der Waals surface area contributed by atoms with Gasteiger partial charge in [0, 0.05) is 18.7 Å². The normalized spacial score (nSPS) is 9.56. The Morgan fingerprint density at radius 1 is 1.50 bits per heavy atom. The summed E-state index contributed by atoms with van der Waals surface area (Å²) >= 11 is 4.70. The SMILES string of the molecule is Cc1cccc(NC(=O)NCCC(N)=S)c1. The number of nitrogens with two attached hydrogens (primary N) is 1. The molecule has 1 rings (SSSR count). The zero-order chi connectivity index (χ0) is 12.0. The van der Waals surface area contributed by atoms with Crippen molar-refractivity contribution in [3.63, 3.8) is 0 Å². The van der Waals surface area contributed by atoms with E-state index in [1.807, 2.05) is 31.2 Å². The summed E-state index contributed by atoms with van der Waals surface area (Å²) in [5.41, 5.74) is 7.18. The number of rotatable bonds is 4. The Hall–Kier alpha value is -1.62. The van der Waals surface area contributed by atoms with Gasteiger partial charge in [-0.05, 0) is 24.6 Å². The molecular formula is C11H15N3OS. The van der Waals surface area contributed by atoms with Gasteiger partial charge in [-0.2, -0.15) is 0 Å². The van der Waals surface area contributed by atoms with Crippen molar-refractivity contribution in [1.82, 2.24) is 5.32 Å². The first kappa shape index (κ1) is 12.4. The second-order valence-corrected chi connectivity index (χ2v) is 3.99. The van der Waals surface area contributed by atoms with E-state index in [1.165, 1.54) is 0 Å². The molecule has 16 heavy (non-hydrogen) atoms. The third-order valence-electron chi connectivity index (χ3n) is 1.93. The number of hydrogen-bond acceptors (Lipinski definition) is 2. The van der Waals surface area contributed by atoms with E-state index in [4.69, 9.17) is 18.0 Å². The molecule has 0 saturated carbocycles. The topological polar surface area (TPSA) is 67.2 Å². The van der Waals surface area contributed by atoms with Crippen LogP contribution in [0, 0.1) is 6.92 Å². The van der Waals surface area contributed by atoms with Crippen LogP contribution in [0.4, 0.5) is 10.5 Å². The van der Waals surface area contributed by atoms with Crippen LogP contribution >= 0.6 is 12.2 Å². The second-order valence-electron chi connectivity index (χ2n) is 3.47. The van der Waals surface area contributed by atoms with Crippen LogP contribution in [0.3, 0.4) is 0 Å². The molecule has 2 amide bonds. The lowest BCUT2D eigenvalue weighted by molar-refractivity contribution is 0.252. The maximum absolute atomic E-state index is 11.4. The van der Waals surface area contributed by atoms with Gasteiger partial charge in [-0.1, -0.05) is 24.4 Å². The molecule has 1 aromatic rings. The molecule has 5 heteroatoms. The predicted octanol–water partition coefficient (Wildman–Crippen LogP) is 1.79. The molecule has 4 nitrogen and oxygen atoms in total. The highest BCUT2D eigenvalue weighted by atomic mass is 32.1. The zero-order valence-corrected chi connectivity index (χ0v) is 9.93. The Morgan fingerprint density at radius 2 is 2.25 bits per heavy atom. The first-order valence-electron chi connectivity index (χ1n) is 4.98. The highest BCUT2D eigenvalue weighted by Crippen LogP contribution is 2.08. The summed E-state index contributed by atoms with van der Waals surface area (Å²) in [6.45, 7) is 2.42. The molecule has 0 aliphatic rings. The van der Waals surface area contributed by atoms with Gasteiger partial charge in [0.15, 0.2) is 0 Å². The van der Waals surface area contributed by atoms with Gasteiger partial charge in [0.05, 0.1) is 4.99 Å². The number of carbonyl (C=O) groups is 1. The van der Waals surface area contributed by atoms with Crippen molar-refractivity contribution in [3.8, 4) is 0 Å². The number of benzene rings is 1. The number of thiocarbonyl (C=S) groups is 1. The highest BCUT2D eigenvalue weighted by Gasteiger charge is 2.00. The molecule has 0 aliphatic heterocycles. The molecule has 0 spiro atoms. The van der Waals surface area contributed by atoms with Crippen molar-refractivity contribution in [2.45, 2.75) is 13.3 Å². The number of urea groups is 1. The summed E-state index contributed by atoms with van der Waals surface area (Å²) in [7, 11) is 0. The van der Waals surface area contributed by atoms with Gasteiger partial charge in [-0.15, -0.1) is 0 Å². The average Bonchev–Trinajstić information content (AvgIpc) is 2.16. The zero-order valence-electron chi connectivity index (χ0n) is 9.12. The smallest absolute Gasteiger partial charge is 0.319 e. The van der Waals surface area contributed by atoms with Crippen LogP contribution < -0.4 is 16.4 Å². The Labute approximate surface area is 100 Å². The quantitative estimate of drug-likeness (QED) is 0.699. The van der Waals surface area contributed by atoms with E-state index in [2.05, 4.69) is 10.6 Å². The maximum atomic E-state index is 11.4. The van der Waals surface area contributed by atoms with Gasteiger partial charge in [-0.25, -0.2) is 4.79 Å². The van der Waals surface area contributed by atoms with E-state index in [1.54, 1.807) is 0 Å². The number of hydrogen-bond donors (Lipinski definition) is 3. The third kappa shape index (κ3) is 4.75. The van der Waals surface area contributed by atoms with Crippen LogP contribution in [-0.4, -0.2) is 17.6 Å². The second kappa shape index (κ2) is 6.07. The Balaban J connectivity index is 2.37. The fraction of sp³-hybridized carbons (Fsp3) is 0.273. The molecule has 86 valence electrons. The van der Waals surface area contributed by atoms with Gasteiger partial charge in [0.1, 0.15) is 0 Å². The molecule has 1 aromatic carbocycles. The standard InChI is InChI=1S/C11H15N3OS/c1-8-3-2-4-9(7-8)14-11(15)13-6-5-10(12)16/h2-4,7H,5-6H2,1H3,(H2,12,16)(H2,13,14,15). The minimum absolute atomic E-state index is 0.248. The fourth-order valence-corrected chi connectivity index (χ4v) is 1.30. The van der Waals surface area contributed by atoms with E-state index in [9.17, 15) is 4.79 Å². The van der Waals surface area contributed by atoms with E-state index in [-0.39, 0.29) is 6.03 Å². The van der Waals surface area contributed by atoms with Crippen molar-refractivity contribution in [1.29, 1.82) is 0 Å². The van der Waals surface area contributed by atoms with Gasteiger partial charge in [-0.3, -0.25) is 0 Å². The third-order valence-corrected chi connectivity index (χ3v) is 2.14. The molecule has 0 unspecified atom stereocenters. The summed E-state index contributed by atoms with van der Waals surface area (Å²) in [6.07, 6.45) is 0.510. The number of aryl methyl sites for hydroxylation is 1. The first-order valence-corrected chi connectivity index (χ1v) is 5.38. The van der Waals surface area contributed by atoms with Crippen molar-refractivity contribution < 1.29 is 4.79 Å². The van der Waals surface area contributed by atoms with Gasteiger partial charge >= 0.3 is 6.03 Å². The number of anilines is 1. The number of nitrogens with one attached hydrogen (secondary N) is 2. The highest BCUT2D eigenvalue weighted by molar-refractivity contribution is 7.80. The molecule has 0 atom stereocenters. The Kier molecular flexibility index (Phi) is 4.72. The lowest BCUT2D eigenvalue weighted by Crippen LogP contribution is -2.31. The van der Waals surface area contributed by atoms with E-state index < -0.39 is 0 Å². The van der Waals surface area contributed by atoms with Gasteiger partial charge in [0.2, 0.25) is 0 Å². The lowest BCUT2D eigenvalue weighted by Gasteiger charge is -2.07. The van der Waals surface area contributed by atoms with Crippen molar-refractivity contribution >= 4 is 28.9 Å². The van der Waals surface area contributed by atoms with E-state index in [0.29, 0.717) is 18.0 Å². The summed E-state index contributed by atoms with van der Waals surface area (Å²) in [6, 6.07) is 7.34.